The SMILES string of the molecule is CN1C(=O)[C@]23C=C[C@H]1[C@@H]1C=C[C@@]2(COC3)C(=O)N1C. The summed E-state index contributed by atoms with van der Waals surface area (Å²) in [7, 11) is 3.63. The molecular weight excluding hydrogens is 244 g/mol. The highest BCUT2D eigenvalue weighted by Crippen LogP contribution is 2.55. The molecule has 0 unspecified atom stereocenters. The Kier molecular flexibility index (Phi) is 1.83. The Morgan fingerprint density at radius 3 is 1.84 bits per heavy atom. The lowest BCUT2D eigenvalue weighted by Gasteiger charge is -2.54. The molecule has 0 radical (unpaired) electrons. The summed E-state index contributed by atoms with van der Waals surface area (Å²) >= 11 is 0. The molecule has 2 amide bonds. The van der Waals surface area contributed by atoms with E-state index in [2.05, 4.69) is 12.2 Å². The summed E-state index contributed by atoms with van der Waals surface area (Å²) < 4.78 is 5.58. The molecule has 100 valence electrons. The Labute approximate surface area is 111 Å². The summed E-state index contributed by atoms with van der Waals surface area (Å²) in [5.41, 5.74) is -1.71. The largest absolute Gasteiger partial charge is 0.378 e. The third-order valence-electron chi connectivity index (χ3n) is 5.26. The fourth-order valence-corrected chi connectivity index (χ4v) is 4.04. The van der Waals surface area contributed by atoms with E-state index in [0.29, 0.717) is 0 Å². The summed E-state index contributed by atoms with van der Waals surface area (Å²) in [5.74, 6) is 0.0154. The van der Waals surface area contributed by atoms with Gasteiger partial charge in [0.05, 0.1) is 25.3 Å². The molecule has 2 saturated heterocycles. The topological polar surface area (TPSA) is 49.9 Å². The van der Waals surface area contributed by atoms with Crippen LogP contribution in [0.15, 0.2) is 24.3 Å². The molecule has 6 aliphatic heterocycles. The Morgan fingerprint density at radius 2 is 1.42 bits per heavy atom. The summed E-state index contributed by atoms with van der Waals surface area (Å²) in [6.45, 7) is 0.571. The Hall–Kier alpha value is -1.62. The van der Waals surface area contributed by atoms with E-state index in [1.54, 1.807) is 9.80 Å². The van der Waals surface area contributed by atoms with Gasteiger partial charge in [0.1, 0.15) is 10.8 Å². The van der Waals surface area contributed by atoms with E-state index in [9.17, 15) is 9.59 Å². The standard InChI is InChI=1S/C14H16N2O3/c1-15-9-3-5-13(11(15)17)7-19-8-14(13)6-4-10(9)16(2)12(14)18/h3-6,9-10H,7-8H2,1-2H3/t9-,10-,13+,14+/m0/s1. The van der Waals surface area contributed by atoms with Crippen molar-refractivity contribution in [3.8, 4) is 0 Å². The van der Waals surface area contributed by atoms with Crippen molar-refractivity contribution in [1.82, 2.24) is 9.80 Å². The van der Waals surface area contributed by atoms with Gasteiger partial charge in [-0.25, -0.2) is 0 Å². The van der Waals surface area contributed by atoms with Crippen LogP contribution >= 0.6 is 0 Å². The van der Waals surface area contributed by atoms with Crippen LogP contribution in [0.4, 0.5) is 0 Å². The second kappa shape index (κ2) is 3.10. The van der Waals surface area contributed by atoms with Gasteiger partial charge in [-0.3, -0.25) is 9.59 Å². The van der Waals surface area contributed by atoms with Gasteiger partial charge in [0.25, 0.3) is 0 Å². The van der Waals surface area contributed by atoms with Crippen molar-refractivity contribution in [3.63, 3.8) is 0 Å². The van der Waals surface area contributed by atoms with Crippen molar-refractivity contribution >= 4 is 11.8 Å². The van der Waals surface area contributed by atoms with Crippen molar-refractivity contribution in [3.05, 3.63) is 24.3 Å². The first-order valence-corrected chi connectivity index (χ1v) is 6.54. The number of amides is 2. The smallest absolute Gasteiger partial charge is 0.236 e. The minimum atomic E-state index is -0.856. The minimum Gasteiger partial charge on any atom is -0.378 e. The molecule has 7 rings (SSSR count). The molecular formula is C14H16N2O3. The van der Waals surface area contributed by atoms with E-state index in [0.717, 1.165) is 0 Å². The zero-order valence-corrected chi connectivity index (χ0v) is 11.0. The highest BCUT2D eigenvalue weighted by molar-refractivity contribution is 6.00. The van der Waals surface area contributed by atoms with Crippen molar-refractivity contribution in [2.45, 2.75) is 12.1 Å². The van der Waals surface area contributed by atoms with Gasteiger partial charge in [-0.15, -0.1) is 0 Å². The third-order valence-corrected chi connectivity index (χ3v) is 5.26. The number of carbonyl (C=O) groups is 2. The summed E-state index contributed by atoms with van der Waals surface area (Å²) in [5, 5.41) is 0. The van der Waals surface area contributed by atoms with Crippen molar-refractivity contribution in [1.29, 1.82) is 0 Å². The van der Waals surface area contributed by atoms with E-state index in [4.69, 9.17) is 4.74 Å². The first kappa shape index (κ1) is 11.2. The molecule has 0 aromatic rings. The van der Waals surface area contributed by atoms with Crippen molar-refractivity contribution in [2.75, 3.05) is 27.3 Å². The Bertz CT molecular complexity index is 507. The molecule has 0 aromatic heterocycles. The van der Waals surface area contributed by atoms with E-state index >= 15 is 0 Å². The van der Waals surface area contributed by atoms with Crippen LogP contribution in [0.2, 0.25) is 0 Å². The van der Waals surface area contributed by atoms with Gasteiger partial charge in [-0.2, -0.15) is 0 Å². The van der Waals surface area contributed by atoms with E-state index in [1.807, 2.05) is 26.2 Å². The maximum absolute atomic E-state index is 12.8. The number of hydrogen-bond acceptors (Lipinski definition) is 3. The van der Waals surface area contributed by atoms with Crippen molar-refractivity contribution < 1.29 is 14.3 Å². The fraction of sp³-hybridized carbons (Fsp3) is 0.571. The van der Waals surface area contributed by atoms with E-state index in [-0.39, 0.29) is 37.1 Å². The minimum absolute atomic E-state index is 0.00769. The zero-order valence-electron chi connectivity index (χ0n) is 11.0. The summed E-state index contributed by atoms with van der Waals surface area (Å²) in [6.07, 6.45) is 7.96. The third kappa shape index (κ3) is 0.961. The fourth-order valence-electron chi connectivity index (χ4n) is 4.04. The average Bonchev–Trinajstić information content (AvgIpc) is 2.72. The molecule has 0 saturated carbocycles. The van der Waals surface area contributed by atoms with Gasteiger partial charge in [-0.05, 0) is 0 Å². The summed E-state index contributed by atoms with van der Waals surface area (Å²) in [4.78, 5) is 29.1. The molecule has 7 aliphatic rings. The number of hydrogen-bond donors (Lipinski definition) is 0. The molecule has 2 fully saturated rings. The van der Waals surface area contributed by atoms with Crippen LogP contribution in [0.5, 0.6) is 0 Å². The van der Waals surface area contributed by atoms with Crippen LogP contribution in [-0.2, 0) is 14.3 Å². The van der Waals surface area contributed by atoms with E-state index in [1.165, 1.54) is 0 Å². The molecule has 4 atom stereocenters. The Balaban J connectivity index is 2.06. The number of nitrogens with zero attached hydrogens (tertiary/aromatic N) is 2. The van der Waals surface area contributed by atoms with Crippen molar-refractivity contribution in [2.24, 2.45) is 10.8 Å². The summed E-state index contributed by atoms with van der Waals surface area (Å²) in [6, 6.07) is -0.163. The molecule has 2 spiro atoms. The lowest BCUT2D eigenvalue weighted by Crippen LogP contribution is -2.69. The molecule has 1 aliphatic carbocycles. The molecule has 5 heteroatoms. The molecule has 0 aromatic carbocycles. The lowest BCUT2D eigenvalue weighted by atomic mass is 9.59. The van der Waals surface area contributed by atoms with Crippen LogP contribution in [0.25, 0.3) is 0 Å². The normalized spacial score (nSPS) is 46.8. The van der Waals surface area contributed by atoms with Gasteiger partial charge < -0.3 is 14.5 Å². The first-order valence-electron chi connectivity index (χ1n) is 6.54. The lowest BCUT2D eigenvalue weighted by molar-refractivity contribution is -0.162. The maximum Gasteiger partial charge on any atom is 0.236 e. The van der Waals surface area contributed by atoms with Crippen LogP contribution in [0, 0.1) is 10.8 Å². The van der Waals surface area contributed by atoms with Gasteiger partial charge in [0.15, 0.2) is 0 Å². The Morgan fingerprint density at radius 1 is 1.00 bits per heavy atom. The predicted octanol–water partition coefficient (Wildman–Crippen LogP) is -0.203. The average molecular weight is 260 g/mol. The number of carbonyl (C=O) groups excluding carboxylic acids is 2. The highest BCUT2D eigenvalue weighted by atomic mass is 16.5. The number of rotatable bonds is 0. The zero-order chi connectivity index (χ0) is 13.4. The van der Waals surface area contributed by atoms with Gasteiger partial charge in [0.2, 0.25) is 11.8 Å². The number of likely N-dealkylation sites (N-methyl/N-ethyl adjacent to an activating group) is 2. The molecule has 6 heterocycles. The van der Waals surface area contributed by atoms with Gasteiger partial charge in [-0.1, -0.05) is 24.3 Å². The van der Waals surface area contributed by atoms with Crippen LogP contribution in [0.3, 0.4) is 0 Å². The van der Waals surface area contributed by atoms with Crippen LogP contribution in [0.1, 0.15) is 0 Å². The second-order valence-electron chi connectivity index (χ2n) is 5.97. The molecule has 5 nitrogen and oxygen atoms in total. The van der Waals surface area contributed by atoms with Crippen LogP contribution in [-0.4, -0.2) is 61.0 Å². The highest BCUT2D eigenvalue weighted by Gasteiger charge is 2.68. The molecule has 4 bridgehead atoms. The van der Waals surface area contributed by atoms with Gasteiger partial charge >= 0.3 is 0 Å². The quantitative estimate of drug-likeness (QED) is 0.567. The first-order chi connectivity index (χ1) is 9.03. The molecule has 0 N–H and O–H groups in total. The predicted molar refractivity (Wildman–Crippen MR) is 67.1 cm³/mol. The second-order valence-corrected chi connectivity index (χ2v) is 5.97. The van der Waals surface area contributed by atoms with Crippen LogP contribution < -0.4 is 0 Å². The van der Waals surface area contributed by atoms with E-state index < -0.39 is 10.8 Å². The number of ether oxygens (including phenoxy) is 1. The van der Waals surface area contributed by atoms with Gasteiger partial charge in [0, 0.05) is 14.1 Å². The maximum atomic E-state index is 12.8. The monoisotopic (exact) mass is 260 g/mol. The molecule has 19 heavy (non-hydrogen) atoms.